The zero-order chi connectivity index (χ0) is 30.7. The van der Waals surface area contributed by atoms with E-state index in [9.17, 15) is 45.6 Å². The fourth-order valence-electron chi connectivity index (χ4n) is 4.73. The van der Waals surface area contributed by atoms with Crippen LogP contribution >= 0.6 is 0 Å². The Bertz CT molecular complexity index is 1210. The summed E-state index contributed by atoms with van der Waals surface area (Å²) in [7, 11) is 1.32. The van der Waals surface area contributed by atoms with Crippen LogP contribution in [-0.2, 0) is 20.6 Å². The number of hydrogen-bond acceptors (Lipinski definition) is 14. The van der Waals surface area contributed by atoms with Crippen LogP contribution in [0.3, 0.4) is 0 Å². The van der Waals surface area contributed by atoms with E-state index in [0.29, 0.717) is 0 Å². The van der Waals surface area contributed by atoms with E-state index < -0.39 is 79.6 Å². The quantitative estimate of drug-likeness (QED) is 0.153. The minimum atomic E-state index is -1.81. The number of methoxy groups -OCH3 is 1. The summed E-state index contributed by atoms with van der Waals surface area (Å²) in [5.74, 6) is -1.04. The Labute approximate surface area is 240 Å². The van der Waals surface area contributed by atoms with Crippen LogP contribution in [0.25, 0.3) is 0 Å². The highest BCUT2D eigenvalue weighted by atomic mass is 16.7. The van der Waals surface area contributed by atoms with Crippen LogP contribution in [0.15, 0.2) is 36.4 Å². The highest BCUT2D eigenvalue weighted by Crippen LogP contribution is 2.37. The smallest absolute Gasteiger partial charge is 0.229 e. The van der Waals surface area contributed by atoms with Gasteiger partial charge in [0.2, 0.25) is 6.29 Å². The second kappa shape index (κ2) is 13.5. The van der Waals surface area contributed by atoms with Crippen molar-refractivity contribution in [3.05, 3.63) is 47.5 Å². The summed E-state index contributed by atoms with van der Waals surface area (Å²) in [5, 5.41) is 81.8. The molecule has 14 nitrogen and oxygen atoms in total. The van der Waals surface area contributed by atoms with Gasteiger partial charge in [-0.1, -0.05) is 12.1 Å². The molecule has 4 rings (SSSR count). The molecule has 0 saturated carbocycles. The van der Waals surface area contributed by atoms with Gasteiger partial charge in [-0.15, -0.1) is 0 Å². The lowest BCUT2D eigenvalue weighted by Crippen LogP contribution is -2.61. The molecule has 0 amide bonds. The summed E-state index contributed by atoms with van der Waals surface area (Å²) in [6, 6.07) is 8.75. The minimum Gasteiger partial charge on any atom is -0.508 e. The van der Waals surface area contributed by atoms with E-state index in [4.69, 9.17) is 23.7 Å². The fourth-order valence-corrected chi connectivity index (χ4v) is 4.73. The number of carbonyl (C=O) groups is 1. The maximum atomic E-state index is 13.2. The van der Waals surface area contributed by atoms with Gasteiger partial charge in [0.1, 0.15) is 71.3 Å². The first kappa shape index (κ1) is 31.9. The van der Waals surface area contributed by atoms with E-state index in [2.05, 4.69) is 0 Å². The van der Waals surface area contributed by atoms with Crippen LogP contribution in [0.4, 0.5) is 0 Å². The number of ether oxygens (including phenoxy) is 5. The Balaban J connectivity index is 1.50. The maximum Gasteiger partial charge on any atom is 0.229 e. The van der Waals surface area contributed by atoms with E-state index in [0.717, 1.165) is 5.56 Å². The highest BCUT2D eigenvalue weighted by molar-refractivity contribution is 6.01. The number of aryl methyl sites for hydroxylation is 1. The lowest BCUT2D eigenvalue weighted by atomic mass is 9.98. The monoisotopic (exact) mass is 596 g/mol. The van der Waals surface area contributed by atoms with Crippen LogP contribution in [-0.4, -0.2) is 122 Å². The number of carbonyl (C=O) groups excluding carboxylic acids is 1. The van der Waals surface area contributed by atoms with Crippen LogP contribution < -0.4 is 9.47 Å². The van der Waals surface area contributed by atoms with Gasteiger partial charge in [0, 0.05) is 18.6 Å². The van der Waals surface area contributed by atoms with Crippen LogP contribution in [0, 0.1) is 0 Å². The Hall–Kier alpha value is -3.05. The topological polar surface area (TPSA) is 225 Å². The Kier molecular flexibility index (Phi) is 10.2. The first-order valence-electron chi connectivity index (χ1n) is 13.3. The zero-order valence-electron chi connectivity index (χ0n) is 22.9. The first-order valence-corrected chi connectivity index (χ1v) is 13.3. The van der Waals surface area contributed by atoms with Crippen molar-refractivity contribution in [2.45, 2.75) is 81.2 Å². The van der Waals surface area contributed by atoms with Crippen molar-refractivity contribution in [3.63, 3.8) is 0 Å². The van der Waals surface area contributed by atoms with Crippen molar-refractivity contribution >= 4 is 5.78 Å². The van der Waals surface area contributed by atoms with Crippen molar-refractivity contribution in [3.8, 4) is 23.0 Å². The van der Waals surface area contributed by atoms with Crippen LogP contribution in [0.5, 0.6) is 23.0 Å². The Morgan fingerprint density at radius 1 is 0.833 bits per heavy atom. The third kappa shape index (κ3) is 6.94. The second-order valence-electron chi connectivity index (χ2n) is 10.3. The van der Waals surface area contributed by atoms with E-state index in [1.165, 1.54) is 38.3 Å². The normalized spacial score (nSPS) is 33.2. The van der Waals surface area contributed by atoms with Gasteiger partial charge in [0.25, 0.3) is 0 Å². The van der Waals surface area contributed by atoms with Crippen molar-refractivity contribution in [2.75, 3.05) is 13.7 Å². The molecule has 2 aromatic rings. The average molecular weight is 597 g/mol. The molecule has 0 spiro atoms. The summed E-state index contributed by atoms with van der Waals surface area (Å²) in [6.45, 7) is 0.947. The summed E-state index contributed by atoms with van der Waals surface area (Å²) in [6.07, 6.45) is -14.9. The standard InChI is InChI=1S/C28H36O14/c1-12-21(32)23(34)25(36)27(40-12)39-11-19-22(33)24(35)26(37)28(42-19)41-18-10-15(38-2)9-17(31)20(18)16(30)8-5-13-3-6-14(29)7-4-13/h3-4,6-7,9-10,12,19,21-29,31-37H,5,8,11H2,1-2H3/t12-,19-,21-,22-,23+,24+,25+,26-,27-,28+/m1/s1. The number of benzene rings is 2. The van der Waals surface area contributed by atoms with Gasteiger partial charge in [-0.3, -0.25) is 4.79 Å². The number of phenolic OH excluding ortho intramolecular Hbond substituents is 2. The van der Waals surface area contributed by atoms with Gasteiger partial charge < -0.3 is 64.5 Å². The molecule has 2 aromatic carbocycles. The molecular formula is C28H36O14. The average Bonchev–Trinajstić information content (AvgIpc) is 2.97. The van der Waals surface area contributed by atoms with Gasteiger partial charge in [-0.25, -0.2) is 0 Å². The van der Waals surface area contributed by atoms with Gasteiger partial charge in [0.15, 0.2) is 12.1 Å². The van der Waals surface area contributed by atoms with Gasteiger partial charge in [-0.05, 0) is 31.0 Å². The number of phenols is 2. The lowest BCUT2D eigenvalue weighted by molar-refractivity contribution is -0.318. The van der Waals surface area contributed by atoms with Gasteiger partial charge in [0.05, 0.1) is 19.8 Å². The number of rotatable bonds is 10. The molecule has 2 aliphatic heterocycles. The molecule has 2 fully saturated rings. The van der Waals surface area contributed by atoms with Crippen molar-refractivity contribution < 1.29 is 69.3 Å². The molecular weight excluding hydrogens is 560 g/mol. The van der Waals surface area contributed by atoms with Gasteiger partial charge >= 0.3 is 0 Å². The zero-order valence-corrected chi connectivity index (χ0v) is 22.9. The third-order valence-corrected chi connectivity index (χ3v) is 7.29. The molecule has 2 heterocycles. The van der Waals surface area contributed by atoms with Crippen LogP contribution in [0.2, 0.25) is 0 Å². The van der Waals surface area contributed by atoms with Crippen molar-refractivity contribution in [2.24, 2.45) is 0 Å². The van der Waals surface area contributed by atoms with Crippen molar-refractivity contribution in [1.82, 2.24) is 0 Å². The number of aliphatic hydroxyl groups excluding tert-OH is 6. The Morgan fingerprint density at radius 3 is 2.14 bits per heavy atom. The largest absolute Gasteiger partial charge is 0.508 e. The molecule has 0 aromatic heterocycles. The molecule has 0 radical (unpaired) electrons. The molecule has 0 aliphatic carbocycles. The Morgan fingerprint density at radius 2 is 1.48 bits per heavy atom. The molecule has 8 N–H and O–H groups in total. The van der Waals surface area contributed by atoms with Crippen molar-refractivity contribution in [1.29, 1.82) is 0 Å². The third-order valence-electron chi connectivity index (χ3n) is 7.29. The number of aromatic hydroxyl groups is 2. The number of aliphatic hydroxyl groups is 6. The molecule has 2 saturated heterocycles. The first-order chi connectivity index (χ1) is 19.9. The summed E-state index contributed by atoms with van der Waals surface area (Å²) in [4.78, 5) is 13.2. The van der Waals surface area contributed by atoms with E-state index in [1.54, 1.807) is 12.1 Å². The molecule has 0 bridgehead atoms. The predicted octanol–water partition coefficient (Wildman–Crippen LogP) is -1.05. The van der Waals surface area contributed by atoms with Gasteiger partial charge in [-0.2, -0.15) is 0 Å². The lowest BCUT2D eigenvalue weighted by Gasteiger charge is -2.42. The molecule has 42 heavy (non-hydrogen) atoms. The second-order valence-corrected chi connectivity index (χ2v) is 10.3. The van der Waals surface area contributed by atoms with E-state index in [1.807, 2.05) is 0 Å². The maximum absolute atomic E-state index is 13.2. The molecule has 2 aliphatic rings. The number of ketones is 1. The highest BCUT2D eigenvalue weighted by Gasteiger charge is 2.47. The van der Waals surface area contributed by atoms with E-state index in [-0.39, 0.29) is 35.7 Å². The summed E-state index contributed by atoms with van der Waals surface area (Å²) >= 11 is 0. The fraction of sp³-hybridized carbons (Fsp3) is 0.536. The predicted molar refractivity (Wildman–Crippen MR) is 141 cm³/mol. The van der Waals surface area contributed by atoms with E-state index >= 15 is 0 Å². The number of Topliss-reactive ketones (excluding diaryl/α,β-unsaturated/α-hetero) is 1. The molecule has 232 valence electrons. The SMILES string of the molecule is COc1cc(O)c(C(=O)CCc2ccc(O)cc2)c(O[C@H]2O[C@H](CO[C@@H]3O[C@H](C)[C@@H](O)[C@H](O)[C@@H]3O)[C@@H](O)[C@H](O)[C@H]2O)c1. The molecule has 14 heteroatoms. The molecule has 0 unspecified atom stereocenters. The minimum absolute atomic E-state index is 0.0599. The number of hydrogen-bond donors (Lipinski definition) is 8. The molecule has 10 atom stereocenters. The summed E-state index contributed by atoms with van der Waals surface area (Å²) in [5.41, 5.74) is 0.519. The summed E-state index contributed by atoms with van der Waals surface area (Å²) < 4.78 is 27.4. The van der Waals surface area contributed by atoms with Crippen LogP contribution in [0.1, 0.15) is 29.3 Å².